The molecule has 96 valence electrons. The van der Waals surface area contributed by atoms with Gasteiger partial charge in [-0.1, -0.05) is 19.1 Å². The second-order valence-corrected chi connectivity index (χ2v) is 6.25. The molecule has 0 N–H and O–H groups in total. The molecule has 2 aromatic rings. The highest BCUT2D eigenvalue weighted by Crippen LogP contribution is 2.31. The quantitative estimate of drug-likeness (QED) is 0.660. The van der Waals surface area contributed by atoms with Gasteiger partial charge in [-0.15, -0.1) is 22.9 Å². The summed E-state index contributed by atoms with van der Waals surface area (Å²) < 4.78 is 6.83. The van der Waals surface area contributed by atoms with Crippen LogP contribution in [-0.4, -0.2) is 0 Å². The van der Waals surface area contributed by atoms with Gasteiger partial charge in [0.05, 0.1) is 10.4 Å². The topological polar surface area (TPSA) is 9.23 Å². The van der Waals surface area contributed by atoms with Crippen molar-refractivity contribution in [2.45, 2.75) is 25.8 Å². The van der Waals surface area contributed by atoms with Crippen LogP contribution < -0.4 is 4.74 Å². The number of ether oxygens (including phenoxy) is 1. The van der Waals surface area contributed by atoms with E-state index in [0.29, 0.717) is 12.5 Å². The normalized spacial score (nSPS) is 10.6. The first-order valence-electron chi connectivity index (χ1n) is 5.78. The fourth-order valence-electron chi connectivity index (χ4n) is 1.65. The molecule has 1 aromatic heterocycles. The van der Waals surface area contributed by atoms with E-state index in [1.54, 1.807) is 11.3 Å². The van der Waals surface area contributed by atoms with Crippen LogP contribution in [0.5, 0.6) is 5.75 Å². The first-order chi connectivity index (χ1) is 8.74. The summed E-state index contributed by atoms with van der Waals surface area (Å²) in [7, 11) is 0. The summed E-state index contributed by atoms with van der Waals surface area (Å²) in [5.41, 5.74) is 1.01. The lowest BCUT2D eigenvalue weighted by molar-refractivity contribution is 0.305. The summed E-state index contributed by atoms with van der Waals surface area (Å²) in [5, 5.41) is 0. The molecule has 0 amide bonds. The summed E-state index contributed by atoms with van der Waals surface area (Å²) >= 11 is 11.2. The largest absolute Gasteiger partial charge is 0.487 e. The van der Waals surface area contributed by atoms with Gasteiger partial charge in [-0.3, -0.25) is 0 Å². The van der Waals surface area contributed by atoms with Gasteiger partial charge in [0.2, 0.25) is 0 Å². The lowest BCUT2D eigenvalue weighted by Gasteiger charge is -2.10. The van der Waals surface area contributed by atoms with Crippen LogP contribution in [0.25, 0.3) is 0 Å². The molecule has 0 unspecified atom stereocenters. The summed E-state index contributed by atoms with van der Waals surface area (Å²) in [6.07, 6.45) is 1.08. The van der Waals surface area contributed by atoms with E-state index in [1.165, 1.54) is 9.75 Å². The average molecular weight is 346 g/mol. The van der Waals surface area contributed by atoms with Gasteiger partial charge in [0.1, 0.15) is 12.4 Å². The molecule has 0 aliphatic rings. The maximum absolute atomic E-state index is 5.91. The number of para-hydroxylation sites is 1. The molecule has 0 fully saturated rings. The number of halogens is 2. The zero-order valence-corrected chi connectivity index (χ0v) is 13.2. The van der Waals surface area contributed by atoms with Gasteiger partial charge < -0.3 is 4.74 Å². The van der Waals surface area contributed by atoms with Crippen LogP contribution >= 0.6 is 38.9 Å². The second-order valence-electron chi connectivity index (χ2n) is 3.87. The van der Waals surface area contributed by atoms with Crippen LogP contribution in [0.15, 0.2) is 34.8 Å². The summed E-state index contributed by atoms with van der Waals surface area (Å²) in [5.74, 6) is 1.30. The Hall–Kier alpha value is -0.510. The SMILES string of the molecule is CCc1ccc(COc2c(Br)cccc2CCl)s1. The van der Waals surface area contributed by atoms with E-state index in [0.717, 1.165) is 22.2 Å². The van der Waals surface area contributed by atoms with Gasteiger partial charge in [-0.05, 0) is 40.5 Å². The number of hydrogen-bond acceptors (Lipinski definition) is 2. The van der Waals surface area contributed by atoms with E-state index >= 15 is 0 Å². The van der Waals surface area contributed by atoms with Gasteiger partial charge in [-0.25, -0.2) is 0 Å². The number of alkyl halides is 1. The smallest absolute Gasteiger partial charge is 0.138 e. The van der Waals surface area contributed by atoms with Crippen molar-refractivity contribution in [2.24, 2.45) is 0 Å². The molecule has 0 atom stereocenters. The minimum absolute atomic E-state index is 0.458. The van der Waals surface area contributed by atoms with Gasteiger partial charge in [-0.2, -0.15) is 0 Å². The highest BCUT2D eigenvalue weighted by Gasteiger charge is 2.08. The van der Waals surface area contributed by atoms with Crippen molar-refractivity contribution in [3.8, 4) is 5.75 Å². The molecule has 1 nitrogen and oxygen atoms in total. The molecule has 0 saturated heterocycles. The van der Waals surface area contributed by atoms with Gasteiger partial charge in [0.15, 0.2) is 0 Å². The van der Waals surface area contributed by atoms with Crippen molar-refractivity contribution >= 4 is 38.9 Å². The first kappa shape index (κ1) is 13.9. The molecule has 2 rings (SSSR count). The minimum Gasteiger partial charge on any atom is -0.487 e. The molecule has 0 radical (unpaired) electrons. The molecule has 18 heavy (non-hydrogen) atoms. The molecular formula is C14H14BrClOS. The molecular weight excluding hydrogens is 332 g/mol. The van der Waals surface area contributed by atoms with E-state index in [-0.39, 0.29) is 0 Å². The third-order valence-corrected chi connectivity index (χ3v) is 4.73. The van der Waals surface area contributed by atoms with E-state index in [2.05, 4.69) is 35.0 Å². The Bertz CT molecular complexity index is 524. The van der Waals surface area contributed by atoms with Crippen molar-refractivity contribution < 1.29 is 4.74 Å². The molecule has 0 aliphatic carbocycles. The molecule has 0 spiro atoms. The third-order valence-electron chi connectivity index (χ3n) is 2.62. The maximum atomic E-state index is 5.91. The number of hydrogen-bond donors (Lipinski definition) is 0. The fourth-order valence-corrected chi connectivity index (χ4v) is 3.26. The molecule has 1 heterocycles. The number of rotatable bonds is 5. The first-order valence-corrected chi connectivity index (χ1v) is 7.92. The lowest BCUT2D eigenvalue weighted by atomic mass is 10.2. The van der Waals surface area contributed by atoms with E-state index in [1.807, 2.05) is 18.2 Å². The monoisotopic (exact) mass is 344 g/mol. The second kappa shape index (κ2) is 6.60. The average Bonchev–Trinajstić information content (AvgIpc) is 2.85. The van der Waals surface area contributed by atoms with Crippen LogP contribution in [-0.2, 0) is 18.9 Å². The number of benzene rings is 1. The maximum Gasteiger partial charge on any atom is 0.138 e. The molecule has 1 aromatic carbocycles. The van der Waals surface area contributed by atoms with Crippen molar-refractivity contribution in [2.75, 3.05) is 0 Å². The van der Waals surface area contributed by atoms with Gasteiger partial charge in [0, 0.05) is 15.3 Å². The fraction of sp³-hybridized carbons (Fsp3) is 0.286. The van der Waals surface area contributed by atoms with Crippen LogP contribution in [0, 0.1) is 0 Å². The Morgan fingerprint density at radius 2 is 2.00 bits per heavy atom. The number of thiophene rings is 1. The Morgan fingerprint density at radius 1 is 1.22 bits per heavy atom. The lowest BCUT2D eigenvalue weighted by Crippen LogP contribution is -1.97. The van der Waals surface area contributed by atoms with E-state index in [9.17, 15) is 0 Å². The molecule has 4 heteroatoms. The molecule has 0 bridgehead atoms. The van der Waals surface area contributed by atoms with Crippen LogP contribution in [0.2, 0.25) is 0 Å². The zero-order chi connectivity index (χ0) is 13.0. The van der Waals surface area contributed by atoms with Gasteiger partial charge >= 0.3 is 0 Å². The Labute approximate surface area is 125 Å². The summed E-state index contributed by atoms with van der Waals surface area (Å²) in [4.78, 5) is 2.63. The molecule has 0 aliphatic heterocycles. The summed E-state index contributed by atoms with van der Waals surface area (Å²) in [6.45, 7) is 2.76. The molecule has 0 saturated carbocycles. The highest BCUT2D eigenvalue weighted by atomic mass is 79.9. The minimum atomic E-state index is 0.458. The van der Waals surface area contributed by atoms with Crippen molar-refractivity contribution in [3.05, 3.63) is 50.1 Å². The number of aryl methyl sites for hydroxylation is 1. The Morgan fingerprint density at radius 3 is 2.67 bits per heavy atom. The van der Waals surface area contributed by atoms with Crippen molar-refractivity contribution in [3.63, 3.8) is 0 Å². The van der Waals surface area contributed by atoms with Crippen molar-refractivity contribution in [1.29, 1.82) is 0 Å². The predicted octanol–water partition coefficient (Wildman–Crippen LogP) is 5.39. The predicted molar refractivity (Wildman–Crippen MR) is 81.7 cm³/mol. The third kappa shape index (κ3) is 3.28. The Balaban J connectivity index is 2.10. The highest BCUT2D eigenvalue weighted by molar-refractivity contribution is 9.10. The van der Waals surface area contributed by atoms with E-state index in [4.69, 9.17) is 16.3 Å². The van der Waals surface area contributed by atoms with Crippen LogP contribution in [0.4, 0.5) is 0 Å². The van der Waals surface area contributed by atoms with Crippen LogP contribution in [0.3, 0.4) is 0 Å². The van der Waals surface area contributed by atoms with Crippen LogP contribution in [0.1, 0.15) is 22.2 Å². The van der Waals surface area contributed by atoms with Crippen molar-refractivity contribution in [1.82, 2.24) is 0 Å². The Kier molecular flexibility index (Phi) is 5.10. The summed E-state index contributed by atoms with van der Waals surface area (Å²) in [6, 6.07) is 10.2. The zero-order valence-electron chi connectivity index (χ0n) is 10.1. The van der Waals surface area contributed by atoms with E-state index < -0.39 is 0 Å². The standard InChI is InChI=1S/C14H14BrClOS/c1-2-11-6-7-12(18-11)9-17-14-10(8-16)4-3-5-13(14)15/h3-7H,2,8-9H2,1H3. The van der Waals surface area contributed by atoms with Gasteiger partial charge in [0.25, 0.3) is 0 Å².